The minimum absolute atomic E-state index is 0.169. The summed E-state index contributed by atoms with van der Waals surface area (Å²) in [6, 6.07) is 8.31. The van der Waals surface area contributed by atoms with Crippen molar-refractivity contribution in [2.75, 3.05) is 19.3 Å². The minimum Gasteiger partial charge on any atom is -0.322 e. The lowest BCUT2D eigenvalue weighted by atomic mass is 10.0. The van der Waals surface area contributed by atoms with E-state index in [2.05, 4.69) is 15.7 Å². The Labute approximate surface area is 142 Å². The molecule has 1 saturated heterocycles. The van der Waals surface area contributed by atoms with Crippen molar-refractivity contribution in [2.45, 2.75) is 31.8 Å². The number of piperidine rings is 1. The fourth-order valence-corrected chi connectivity index (χ4v) is 3.89. The third-order valence-corrected chi connectivity index (χ3v) is 5.27. The highest BCUT2D eigenvalue weighted by Crippen LogP contribution is 2.24. The van der Waals surface area contributed by atoms with Crippen molar-refractivity contribution in [1.29, 1.82) is 5.26 Å². The van der Waals surface area contributed by atoms with Gasteiger partial charge < -0.3 is 4.40 Å². The summed E-state index contributed by atoms with van der Waals surface area (Å²) in [5.41, 5.74) is 2.61. The number of nitrogens with one attached hydrogen (secondary N) is 1. The second-order valence-corrected chi connectivity index (χ2v) is 8.21. The van der Waals surface area contributed by atoms with Gasteiger partial charge in [0.1, 0.15) is 6.07 Å². The maximum Gasteiger partial charge on any atom is 0.208 e. The third kappa shape index (κ3) is 3.78. The van der Waals surface area contributed by atoms with Gasteiger partial charge in [0, 0.05) is 37.1 Å². The average molecular weight is 346 g/mol. The Morgan fingerprint density at radius 3 is 2.96 bits per heavy atom. The molecule has 2 aromatic heterocycles. The van der Waals surface area contributed by atoms with E-state index in [0.717, 1.165) is 36.9 Å². The van der Waals surface area contributed by atoms with Crippen molar-refractivity contribution in [3.63, 3.8) is 0 Å². The lowest BCUT2D eigenvalue weighted by Crippen LogP contribution is -2.46. The van der Waals surface area contributed by atoms with Gasteiger partial charge in [0.2, 0.25) is 10.0 Å². The zero-order valence-corrected chi connectivity index (χ0v) is 14.6. The molecular formula is C17H22N4O2S. The second-order valence-electron chi connectivity index (χ2n) is 6.37. The Hall–Kier alpha value is -1.88. The number of likely N-dealkylation sites (tertiary alicyclic amines) is 1. The van der Waals surface area contributed by atoms with Gasteiger partial charge in [0.05, 0.1) is 17.3 Å². The molecule has 2 aromatic rings. The molecule has 0 radical (unpaired) electrons. The first-order chi connectivity index (χ1) is 11.5. The Bertz CT molecular complexity index is 866. The van der Waals surface area contributed by atoms with Gasteiger partial charge in [-0.2, -0.15) is 5.26 Å². The molecule has 7 heteroatoms. The average Bonchev–Trinajstić information content (AvgIpc) is 2.90. The van der Waals surface area contributed by atoms with Crippen LogP contribution in [-0.4, -0.2) is 43.1 Å². The molecule has 24 heavy (non-hydrogen) atoms. The van der Waals surface area contributed by atoms with E-state index in [1.807, 2.05) is 35.0 Å². The molecule has 0 aromatic carbocycles. The fourth-order valence-electron chi connectivity index (χ4n) is 3.39. The van der Waals surface area contributed by atoms with Crippen LogP contribution in [0.25, 0.3) is 5.52 Å². The van der Waals surface area contributed by atoms with Crippen LogP contribution in [-0.2, 0) is 16.6 Å². The number of sulfonamides is 1. The summed E-state index contributed by atoms with van der Waals surface area (Å²) in [5, 5.41) is 9.54. The molecule has 1 N–H and O–H groups in total. The standard InChI is InChI=1S/C17H22N4O2S/c1-24(22,23)19-11-15-6-2-4-8-20(15)12-14-13-21-9-5-3-7-17(21)16(14)10-18/h3,5,7,9,13,15,19H,2,4,6,8,11-12H2,1H3/t15-/m0/s1. The maximum atomic E-state index is 11.4. The highest BCUT2D eigenvalue weighted by atomic mass is 32.2. The van der Waals surface area contributed by atoms with E-state index in [1.165, 1.54) is 6.26 Å². The van der Waals surface area contributed by atoms with Gasteiger partial charge in [0.25, 0.3) is 0 Å². The molecule has 1 aliphatic heterocycles. The molecule has 1 aliphatic rings. The van der Waals surface area contributed by atoms with Crippen LogP contribution in [0.5, 0.6) is 0 Å². The van der Waals surface area contributed by atoms with Crippen molar-refractivity contribution < 1.29 is 8.42 Å². The van der Waals surface area contributed by atoms with E-state index in [1.54, 1.807) is 0 Å². The zero-order valence-electron chi connectivity index (χ0n) is 13.8. The molecule has 3 rings (SSSR count). The molecule has 3 heterocycles. The monoisotopic (exact) mass is 346 g/mol. The highest BCUT2D eigenvalue weighted by molar-refractivity contribution is 7.88. The molecular weight excluding hydrogens is 324 g/mol. The molecule has 6 nitrogen and oxygen atoms in total. The summed E-state index contributed by atoms with van der Waals surface area (Å²) in [4.78, 5) is 2.29. The summed E-state index contributed by atoms with van der Waals surface area (Å²) in [6.45, 7) is 2.02. The Kier molecular flexibility index (Phi) is 4.90. The fraction of sp³-hybridized carbons (Fsp3) is 0.471. The predicted molar refractivity (Wildman–Crippen MR) is 93.0 cm³/mol. The number of hydrogen-bond donors (Lipinski definition) is 1. The summed E-state index contributed by atoms with van der Waals surface area (Å²) in [7, 11) is -3.19. The van der Waals surface area contributed by atoms with E-state index >= 15 is 0 Å². The van der Waals surface area contributed by atoms with Crippen molar-refractivity contribution in [2.24, 2.45) is 0 Å². The topological polar surface area (TPSA) is 77.6 Å². The van der Waals surface area contributed by atoms with E-state index in [4.69, 9.17) is 0 Å². The highest BCUT2D eigenvalue weighted by Gasteiger charge is 2.24. The van der Waals surface area contributed by atoms with Gasteiger partial charge in [-0.1, -0.05) is 12.5 Å². The molecule has 1 fully saturated rings. The van der Waals surface area contributed by atoms with Gasteiger partial charge in [-0.15, -0.1) is 0 Å². The Morgan fingerprint density at radius 2 is 2.21 bits per heavy atom. The molecule has 128 valence electrons. The third-order valence-electron chi connectivity index (χ3n) is 4.58. The lowest BCUT2D eigenvalue weighted by Gasteiger charge is -2.35. The van der Waals surface area contributed by atoms with Crippen LogP contribution in [0.4, 0.5) is 0 Å². The van der Waals surface area contributed by atoms with Crippen LogP contribution in [0, 0.1) is 11.3 Å². The Balaban J connectivity index is 1.82. The number of nitriles is 1. The summed E-state index contributed by atoms with van der Waals surface area (Å²) in [5.74, 6) is 0. The molecule has 0 bridgehead atoms. The number of pyridine rings is 1. The largest absolute Gasteiger partial charge is 0.322 e. The summed E-state index contributed by atoms with van der Waals surface area (Å²) >= 11 is 0. The smallest absolute Gasteiger partial charge is 0.208 e. The van der Waals surface area contributed by atoms with E-state index in [9.17, 15) is 13.7 Å². The van der Waals surface area contributed by atoms with Crippen LogP contribution < -0.4 is 4.72 Å². The first-order valence-electron chi connectivity index (χ1n) is 8.15. The van der Waals surface area contributed by atoms with Crippen LogP contribution in [0.3, 0.4) is 0 Å². The van der Waals surface area contributed by atoms with E-state index < -0.39 is 10.0 Å². The zero-order chi connectivity index (χ0) is 17.2. The molecule has 0 aliphatic carbocycles. The van der Waals surface area contributed by atoms with Crippen molar-refractivity contribution in [1.82, 2.24) is 14.0 Å². The van der Waals surface area contributed by atoms with Gasteiger partial charge in [-0.05, 0) is 31.5 Å². The first-order valence-corrected chi connectivity index (χ1v) is 10.0. The number of rotatable bonds is 5. The van der Waals surface area contributed by atoms with E-state index in [0.29, 0.717) is 18.7 Å². The molecule has 0 spiro atoms. The van der Waals surface area contributed by atoms with Gasteiger partial charge in [-0.3, -0.25) is 4.90 Å². The number of aromatic nitrogens is 1. The SMILES string of the molecule is CS(=O)(=O)NC[C@@H]1CCCCN1Cc1cn2ccccc2c1C#N. The minimum atomic E-state index is -3.19. The van der Waals surface area contributed by atoms with Crippen LogP contribution in [0.2, 0.25) is 0 Å². The maximum absolute atomic E-state index is 11.4. The van der Waals surface area contributed by atoms with Gasteiger partial charge in [-0.25, -0.2) is 13.1 Å². The quantitative estimate of drug-likeness (QED) is 0.894. The van der Waals surface area contributed by atoms with Crippen molar-refractivity contribution >= 4 is 15.5 Å². The number of nitrogens with zero attached hydrogens (tertiary/aromatic N) is 3. The molecule has 0 saturated carbocycles. The van der Waals surface area contributed by atoms with E-state index in [-0.39, 0.29) is 6.04 Å². The number of hydrogen-bond acceptors (Lipinski definition) is 4. The second kappa shape index (κ2) is 6.93. The van der Waals surface area contributed by atoms with Crippen LogP contribution >= 0.6 is 0 Å². The van der Waals surface area contributed by atoms with Gasteiger partial charge in [0.15, 0.2) is 0 Å². The molecule has 0 unspecified atom stereocenters. The lowest BCUT2D eigenvalue weighted by molar-refractivity contribution is 0.142. The molecule has 1 atom stereocenters. The summed E-state index contributed by atoms with van der Waals surface area (Å²) < 4.78 is 27.4. The van der Waals surface area contributed by atoms with Crippen LogP contribution in [0.1, 0.15) is 30.4 Å². The van der Waals surface area contributed by atoms with Crippen LogP contribution in [0.15, 0.2) is 30.6 Å². The number of fused-ring (bicyclic) bond motifs is 1. The van der Waals surface area contributed by atoms with Gasteiger partial charge >= 0.3 is 0 Å². The summed E-state index contributed by atoms with van der Waals surface area (Å²) in [6.07, 6.45) is 8.31. The Morgan fingerprint density at radius 1 is 1.38 bits per heavy atom. The molecule has 0 amide bonds. The van der Waals surface area contributed by atoms with Crippen molar-refractivity contribution in [3.05, 3.63) is 41.7 Å². The normalized spacial score (nSPS) is 19.4. The predicted octanol–water partition coefficient (Wildman–Crippen LogP) is 1.71. The van der Waals surface area contributed by atoms with Crippen molar-refractivity contribution in [3.8, 4) is 6.07 Å². The first kappa shape index (κ1) is 17.0.